The topological polar surface area (TPSA) is 35.5 Å². The van der Waals surface area contributed by atoms with Crippen molar-refractivity contribution in [3.8, 4) is 0 Å². The van der Waals surface area contributed by atoms with Gasteiger partial charge in [0.2, 0.25) is 0 Å². The lowest BCUT2D eigenvalue weighted by molar-refractivity contribution is -0.148. The highest BCUT2D eigenvalue weighted by atomic mass is 16.5. The predicted molar refractivity (Wildman–Crippen MR) is 40.2 cm³/mol. The first-order valence-electron chi connectivity index (χ1n) is 4.06. The highest BCUT2D eigenvalue weighted by Gasteiger charge is 2.11. The van der Waals surface area contributed by atoms with E-state index >= 15 is 0 Å². The van der Waals surface area contributed by atoms with Crippen molar-refractivity contribution in [1.82, 2.24) is 0 Å². The molecular weight excluding hydrogens is 144 g/mol. The second-order valence-corrected chi connectivity index (χ2v) is 2.81. The van der Waals surface area contributed by atoms with Crippen molar-refractivity contribution >= 4 is 5.97 Å². The van der Waals surface area contributed by atoms with E-state index < -0.39 is 0 Å². The Bertz CT molecular complexity index is 133. The Balaban J connectivity index is 2.33. The van der Waals surface area contributed by atoms with Crippen molar-refractivity contribution in [3.63, 3.8) is 0 Å². The van der Waals surface area contributed by atoms with E-state index in [4.69, 9.17) is 9.47 Å². The second kappa shape index (κ2) is 4.34. The van der Waals surface area contributed by atoms with E-state index in [0.717, 1.165) is 19.4 Å². The molecule has 0 aromatic heterocycles. The summed E-state index contributed by atoms with van der Waals surface area (Å²) in [5, 5.41) is 0. The minimum Gasteiger partial charge on any atom is -0.463 e. The Hall–Kier alpha value is -0.570. The Morgan fingerprint density at radius 1 is 1.45 bits per heavy atom. The summed E-state index contributed by atoms with van der Waals surface area (Å²) in [4.78, 5) is 10.9. The first-order chi connectivity index (χ1) is 5.29. The maximum atomic E-state index is 10.9. The summed E-state index contributed by atoms with van der Waals surface area (Å²) >= 11 is 0. The van der Waals surface area contributed by atoms with Gasteiger partial charge in [0.15, 0.2) is 0 Å². The summed E-state index contributed by atoms with van der Waals surface area (Å²) in [6.45, 7) is 3.18. The van der Waals surface area contributed by atoms with Crippen LogP contribution in [-0.4, -0.2) is 25.3 Å². The van der Waals surface area contributed by atoms with Crippen LogP contribution in [0.25, 0.3) is 0 Å². The molecule has 0 aromatic carbocycles. The van der Waals surface area contributed by atoms with Crippen LogP contribution in [0.3, 0.4) is 0 Å². The highest BCUT2D eigenvalue weighted by Crippen LogP contribution is 2.06. The average Bonchev–Trinajstić information content (AvgIpc) is 2.02. The Morgan fingerprint density at radius 2 is 2.27 bits per heavy atom. The average molecular weight is 158 g/mol. The molecule has 0 spiro atoms. The summed E-state index contributed by atoms with van der Waals surface area (Å²) in [6, 6.07) is 0. The molecule has 0 amide bonds. The number of esters is 1. The summed E-state index contributed by atoms with van der Waals surface area (Å²) in [5.74, 6) is -0.139. The normalized spacial score (nSPS) is 28.1. The number of ether oxygens (including phenoxy) is 2. The second-order valence-electron chi connectivity index (χ2n) is 2.81. The summed E-state index contributed by atoms with van der Waals surface area (Å²) < 4.78 is 10.2. The molecule has 0 aliphatic carbocycles. The molecule has 3 heteroatoms. The van der Waals surface area contributed by atoms with Gasteiger partial charge >= 0.3 is 5.97 Å². The van der Waals surface area contributed by atoms with Crippen LogP contribution >= 0.6 is 0 Å². The molecule has 1 atom stereocenters. The van der Waals surface area contributed by atoms with Crippen LogP contribution in [0, 0.1) is 0 Å². The van der Waals surface area contributed by atoms with Gasteiger partial charge in [0.1, 0.15) is 0 Å². The molecule has 64 valence electrons. The van der Waals surface area contributed by atoms with Gasteiger partial charge in [0.05, 0.1) is 19.1 Å². The molecule has 0 saturated carbocycles. The zero-order valence-electron chi connectivity index (χ0n) is 6.84. The molecule has 1 heterocycles. The SMILES string of the molecule is CC1CCCOCCC(=O)O1. The third-order valence-electron chi connectivity index (χ3n) is 1.68. The van der Waals surface area contributed by atoms with Gasteiger partial charge in [-0.3, -0.25) is 4.79 Å². The largest absolute Gasteiger partial charge is 0.463 e. The quantitative estimate of drug-likeness (QED) is 0.495. The van der Waals surface area contributed by atoms with E-state index in [1.54, 1.807) is 0 Å². The van der Waals surface area contributed by atoms with Gasteiger partial charge in [-0.1, -0.05) is 0 Å². The number of cyclic esters (lactones) is 1. The van der Waals surface area contributed by atoms with E-state index in [0.29, 0.717) is 13.0 Å². The Labute approximate surface area is 66.7 Å². The van der Waals surface area contributed by atoms with E-state index in [1.165, 1.54) is 0 Å². The smallest absolute Gasteiger partial charge is 0.308 e. The minimum absolute atomic E-state index is 0.0594. The number of hydrogen-bond donors (Lipinski definition) is 0. The Morgan fingerprint density at radius 3 is 3.09 bits per heavy atom. The molecule has 0 N–H and O–H groups in total. The van der Waals surface area contributed by atoms with Crippen LogP contribution in [0.15, 0.2) is 0 Å². The van der Waals surface area contributed by atoms with E-state index in [-0.39, 0.29) is 12.1 Å². The van der Waals surface area contributed by atoms with Crippen LogP contribution in [0.5, 0.6) is 0 Å². The molecule has 3 nitrogen and oxygen atoms in total. The lowest BCUT2D eigenvalue weighted by Gasteiger charge is -2.09. The van der Waals surface area contributed by atoms with Crippen LogP contribution < -0.4 is 0 Å². The standard InChI is InChI=1S/C8H14O3/c1-7-3-2-5-10-6-4-8(9)11-7/h7H,2-6H2,1H3. The fourth-order valence-electron chi connectivity index (χ4n) is 1.07. The van der Waals surface area contributed by atoms with Gasteiger partial charge < -0.3 is 9.47 Å². The molecule has 1 unspecified atom stereocenters. The van der Waals surface area contributed by atoms with Gasteiger partial charge in [0.25, 0.3) is 0 Å². The molecule has 1 aliphatic rings. The molecule has 1 fully saturated rings. The van der Waals surface area contributed by atoms with Crippen molar-refractivity contribution in [2.45, 2.75) is 32.3 Å². The highest BCUT2D eigenvalue weighted by molar-refractivity contribution is 5.69. The number of carbonyl (C=O) groups is 1. The van der Waals surface area contributed by atoms with Crippen molar-refractivity contribution in [2.75, 3.05) is 13.2 Å². The lowest BCUT2D eigenvalue weighted by atomic mass is 10.2. The first kappa shape index (κ1) is 8.53. The summed E-state index contributed by atoms with van der Waals surface area (Å²) in [7, 11) is 0. The lowest BCUT2D eigenvalue weighted by Crippen LogP contribution is -2.14. The molecule has 0 radical (unpaired) electrons. The maximum Gasteiger partial charge on any atom is 0.308 e. The molecule has 1 rings (SSSR count). The maximum absolute atomic E-state index is 10.9. The summed E-state index contributed by atoms with van der Waals surface area (Å²) in [5.41, 5.74) is 0. The summed E-state index contributed by atoms with van der Waals surface area (Å²) in [6.07, 6.45) is 2.34. The van der Waals surface area contributed by atoms with Crippen LogP contribution in [0.2, 0.25) is 0 Å². The van der Waals surface area contributed by atoms with Gasteiger partial charge in [-0.05, 0) is 19.8 Å². The molecular formula is C8H14O3. The number of rotatable bonds is 0. The monoisotopic (exact) mass is 158 g/mol. The molecule has 0 aromatic rings. The molecule has 1 saturated heterocycles. The molecule has 0 bridgehead atoms. The van der Waals surface area contributed by atoms with Crippen molar-refractivity contribution in [3.05, 3.63) is 0 Å². The fraction of sp³-hybridized carbons (Fsp3) is 0.875. The van der Waals surface area contributed by atoms with Gasteiger partial charge in [-0.15, -0.1) is 0 Å². The van der Waals surface area contributed by atoms with E-state index in [9.17, 15) is 4.79 Å². The van der Waals surface area contributed by atoms with Crippen molar-refractivity contribution in [1.29, 1.82) is 0 Å². The third-order valence-corrected chi connectivity index (χ3v) is 1.68. The van der Waals surface area contributed by atoms with Crippen LogP contribution in [0.1, 0.15) is 26.2 Å². The number of carbonyl (C=O) groups excluding carboxylic acids is 1. The fourth-order valence-corrected chi connectivity index (χ4v) is 1.07. The number of hydrogen-bond acceptors (Lipinski definition) is 3. The van der Waals surface area contributed by atoms with Crippen molar-refractivity contribution < 1.29 is 14.3 Å². The van der Waals surface area contributed by atoms with Crippen LogP contribution in [-0.2, 0) is 14.3 Å². The predicted octanol–water partition coefficient (Wildman–Crippen LogP) is 1.12. The van der Waals surface area contributed by atoms with Gasteiger partial charge in [-0.25, -0.2) is 0 Å². The van der Waals surface area contributed by atoms with Gasteiger partial charge in [0, 0.05) is 6.61 Å². The van der Waals surface area contributed by atoms with Crippen LogP contribution in [0.4, 0.5) is 0 Å². The van der Waals surface area contributed by atoms with Crippen molar-refractivity contribution in [2.24, 2.45) is 0 Å². The molecule has 11 heavy (non-hydrogen) atoms. The Kier molecular flexibility index (Phi) is 3.36. The zero-order chi connectivity index (χ0) is 8.10. The minimum atomic E-state index is -0.139. The first-order valence-corrected chi connectivity index (χ1v) is 4.06. The van der Waals surface area contributed by atoms with Gasteiger partial charge in [-0.2, -0.15) is 0 Å². The zero-order valence-corrected chi connectivity index (χ0v) is 6.84. The van der Waals surface area contributed by atoms with E-state index in [1.807, 2.05) is 6.92 Å². The van der Waals surface area contributed by atoms with E-state index in [2.05, 4.69) is 0 Å². The molecule has 1 aliphatic heterocycles. The third kappa shape index (κ3) is 3.37.